The van der Waals surface area contributed by atoms with Gasteiger partial charge in [-0.05, 0) is 24.1 Å². The van der Waals surface area contributed by atoms with Gasteiger partial charge in [-0.3, -0.25) is 0 Å². The zero-order valence-corrected chi connectivity index (χ0v) is 12.9. The second-order valence-electron chi connectivity index (χ2n) is 5.42. The highest BCUT2D eigenvalue weighted by Crippen LogP contribution is 2.39. The van der Waals surface area contributed by atoms with E-state index >= 15 is 0 Å². The second kappa shape index (κ2) is 8.96. The van der Waals surface area contributed by atoms with E-state index in [9.17, 15) is 13.2 Å². The zero-order chi connectivity index (χ0) is 15.7. The minimum Gasteiger partial charge on any atom is -0.497 e. The van der Waals surface area contributed by atoms with Gasteiger partial charge >= 0.3 is 6.18 Å². The normalized spacial score (nSPS) is 13.2. The number of rotatable bonds is 9. The Hall–Kier alpha value is -1.19. The lowest BCUT2D eigenvalue weighted by Crippen LogP contribution is -2.20. The minimum absolute atomic E-state index is 0.169. The molecular formula is C17H25F3O. The summed E-state index contributed by atoms with van der Waals surface area (Å²) < 4.78 is 44.6. The molecule has 0 N–H and O–H groups in total. The Kier molecular flexibility index (Phi) is 7.62. The molecule has 0 fully saturated rings. The lowest BCUT2D eigenvalue weighted by atomic mass is 9.92. The van der Waals surface area contributed by atoms with Gasteiger partial charge < -0.3 is 4.74 Å². The molecule has 1 aromatic rings. The Morgan fingerprint density at radius 1 is 0.952 bits per heavy atom. The van der Waals surface area contributed by atoms with Crippen molar-refractivity contribution in [3.8, 4) is 5.75 Å². The van der Waals surface area contributed by atoms with Crippen molar-refractivity contribution < 1.29 is 17.9 Å². The Morgan fingerprint density at radius 3 is 2.05 bits per heavy atom. The zero-order valence-electron chi connectivity index (χ0n) is 12.9. The van der Waals surface area contributed by atoms with Crippen LogP contribution in [0.1, 0.15) is 63.4 Å². The van der Waals surface area contributed by atoms with Crippen LogP contribution in [0.2, 0.25) is 0 Å². The van der Waals surface area contributed by atoms with Crippen molar-refractivity contribution in [1.82, 2.24) is 0 Å². The van der Waals surface area contributed by atoms with E-state index in [1.165, 1.54) is 25.7 Å². The van der Waals surface area contributed by atoms with Gasteiger partial charge in [0.1, 0.15) is 5.75 Å². The third-order valence-corrected chi connectivity index (χ3v) is 3.76. The first-order valence-corrected chi connectivity index (χ1v) is 7.69. The number of halogens is 3. The highest BCUT2D eigenvalue weighted by molar-refractivity contribution is 5.30. The lowest BCUT2D eigenvalue weighted by Gasteiger charge is -2.21. The van der Waals surface area contributed by atoms with Crippen LogP contribution in [-0.4, -0.2) is 13.3 Å². The maximum absolute atomic E-state index is 13.2. The number of benzene rings is 1. The quantitative estimate of drug-likeness (QED) is 0.501. The van der Waals surface area contributed by atoms with Crippen molar-refractivity contribution in [2.24, 2.45) is 0 Å². The Morgan fingerprint density at radius 2 is 1.52 bits per heavy atom. The number of ether oxygens (including phenoxy) is 1. The van der Waals surface area contributed by atoms with E-state index in [0.717, 1.165) is 25.7 Å². The molecule has 21 heavy (non-hydrogen) atoms. The third-order valence-electron chi connectivity index (χ3n) is 3.76. The summed E-state index contributed by atoms with van der Waals surface area (Å²) in [6.07, 6.45) is 1.96. The molecule has 0 aliphatic rings. The van der Waals surface area contributed by atoms with Crippen molar-refractivity contribution in [3.05, 3.63) is 29.8 Å². The van der Waals surface area contributed by atoms with Crippen molar-refractivity contribution in [2.75, 3.05) is 7.11 Å². The first-order valence-electron chi connectivity index (χ1n) is 7.69. The summed E-state index contributed by atoms with van der Waals surface area (Å²) in [6, 6.07) is 6.23. The average molecular weight is 302 g/mol. The summed E-state index contributed by atoms with van der Waals surface area (Å²) in [5.41, 5.74) is 0.330. The summed E-state index contributed by atoms with van der Waals surface area (Å²) in [4.78, 5) is 0. The standard InChI is InChI=1S/C17H25F3O/c1-3-4-5-6-7-8-9-16(17(18,19)20)14-10-12-15(21-2)13-11-14/h10-13,16H,3-9H2,1-2H3. The molecule has 0 saturated heterocycles. The molecule has 0 bridgehead atoms. The lowest BCUT2D eigenvalue weighted by molar-refractivity contribution is -0.152. The largest absolute Gasteiger partial charge is 0.497 e. The molecule has 0 amide bonds. The van der Waals surface area contributed by atoms with Crippen molar-refractivity contribution >= 4 is 0 Å². The van der Waals surface area contributed by atoms with Gasteiger partial charge in [0.15, 0.2) is 0 Å². The fourth-order valence-corrected chi connectivity index (χ4v) is 2.48. The summed E-state index contributed by atoms with van der Waals surface area (Å²) in [7, 11) is 1.51. The SMILES string of the molecule is CCCCCCCCC(c1ccc(OC)cc1)C(F)(F)F. The molecule has 1 atom stereocenters. The van der Waals surface area contributed by atoms with Crippen LogP contribution in [0.15, 0.2) is 24.3 Å². The van der Waals surface area contributed by atoms with Gasteiger partial charge in [-0.15, -0.1) is 0 Å². The maximum atomic E-state index is 13.2. The van der Waals surface area contributed by atoms with Crippen molar-refractivity contribution in [1.29, 1.82) is 0 Å². The molecule has 1 unspecified atom stereocenters. The van der Waals surface area contributed by atoms with Crippen LogP contribution < -0.4 is 4.74 Å². The maximum Gasteiger partial charge on any atom is 0.395 e. The first-order chi connectivity index (χ1) is 9.99. The Bertz CT molecular complexity index is 384. The van der Waals surface area contributed by atoms with Gasteiger partial charge in [0.25, 0.3) is 0 Å². The molecule has 0 spiro atoms. The molecule has 1 nitrogen and oxygen atoms in total. The summed E-state index contributed by atoms with van der Waals surface area (Å²) in [5, 5.41) is 0. The average Bonchev–Trinajstić information content (AvgIpc) is 2.45. The van der Waals surface area contributed by atoms with Gasteiger partial charge in [-0.1, -0.05) is 57.6 Å². The van der Waals surface area contributed by atoms with E-state index < -0.39 is 12.1 Å². The molecule has 0 aliphatic heterocycles. The highest BCUT2D eigenvalue weighted by atomic mass is 19.4. The second-order valence-corrected chi connectivity index (χ2v) is 5.42. The molecule has 0 aromatic heterocycles. The van der Waals surface area contributed by atoms with Crippen LogP contribution in [-0.2, 0) is 0 Å². The number of unbranched alkanes of at least 4 members (excludes halogenated alkanes) is 5. The van der Waals surface area contributed by atoms with Gasteiger partial charge in [-0.25, -0.2) is 0 Å². The Balaban J connectivity index is 2.55. The van der Waals surface area contributed by atoms with E-state index in [0.29, 0.717) is 17.7 Å². The van der Waals surface area contributed by atoms with Crippen LogP contribution in [0.25, 0.3) is 0 Å². The number of alkyl halides is 3. The fourth-order valence-electron chi connectivity index (χ4n) is 2.48. The van der Waals surface area contributed by atoms with Crippen LogP contribution >= 0.6 is 0 Å². The summed E-state index contributed by atoms with van der Waals surface area (Å²) in [5.74, 6) is -0.783. The van der Waals surface area contributed by atoms with Crippen LogP contribution in [0.4, 0.5) is 13.2 Å². The monoisotopic (exact) mass is 302 g/mol. The molecule has 1 aromatic carbocycles. The number of hydrogen-bond donors (Lipinski definition) is 0. The number of methoxy groups -OCH3 is 1. The summed E-state index contributed by atoms with van der Waals surface area (Å²) in [6.45, 7) is 2.13. The molecule has 0 heterocycles. The van der Waals surface area contributed by atoms with Gasteiger partial charge in [-0.2, -0.15) is 13.2 Å². The predicted molar refractivity (Wildman–Crippen MR) is 79.8 cm³/mol. The Labute approximate surface area is 125 Å². The molecule has 0 aliphatic carbocycles. The van der Waals surface area contributed by atoms with E-state index in [-0.39, 0.29) is 6.42 Å². The highest BCUT2D eigenvalue weighted by Gasteiger charge is 2.39. The minimum atomic E-state index is -4.18. The van der Waals surface area contributed by atoms with Gasteiger partial charge in [0, 0.05) is 0 Å². The molecule has 120 valence electrons. The van der Waals surface area contributed by atoms with E-state index in [1.54, 1.807) is 12.1 Å². The molecule has 0 radical (unpaired) electrons. The number of hydrogen-bond acceptors (Lipinski definition) is 1. The molecular weight excluding hydrogens is 277 g/mol. The van der Waals surface area contributed by atoms with E-state index in [2.05, 4.69) is 6.92 Å². The van der Waals surface area contributed by atoms with E-state index in [1.807, 2.05) is 0 Å². The van der Waals surface area contributed by atoms with Gasteiger partial charge in [0.05, 0.1) is 13.0 Å². The molecule has 1 rings (SSSR count). The predicted octanol–water partition coefficient (Wildman–Crippen LogP) is 6.09. The van der Waals surface area contributed by atoms with Crippen molar-refractivity contribution in [3.63, 3.8) is 0 Å². The smallest absolute Gasteiger partial charge is 0.395 e. The van der Waals surface area contributed by atoms with Crippen LogP contribution in [0.3, 0.4) is 0 Å². The van der Waals surface area contributed by atoms with Crippen LogP contribution in [0.5, 0.6) is 5.75 Å². The van der Waals surface area contributed by atoms with Gasteiger partial charge in [0.2, 0.25) is 0 Å². The summed E-state index contributed by atoms with van der Waals surface area (Å²) >= 11 is 0. The fraction of sp³-hybridized carbons (Fsp3) is 0.647. The van der Waals surface area contributed by atoms with Crippen LogP contribution in [0, 0.1) is 0 Å². The van der Waals surface area contributed by atoms with E-state index in [4.69, 9.17) is 4.74 Å². The molecule has 0 saturated carbocycles. The topological polar surface area (TPSA) is 9.23 Å². The molecule has 4 heteroatoms. The van der Waals surface area contributed by atoms with Crippen molar-refractivity contribution in [2.45, 2.75) is 64.0 Å². The third kappa shape index (κ3) is 6.40. The first kappa shape index (κ1) is 17.9.